The highest BCUT2D eigenvalue weighted by molar-refractivity contribution is 5.27. The first-order chi connectivity index (χ1) is 9.29. The molecule has 0 spiro atoms. The Kier molecular flexibility index (Phi) is 2.73. The minimum atomic E-state index is 0.442. The maximum absolute atomic E-state index is 4.78. The fourth-order valence-corrected chi connectivity index (χ4v) is 5.62. The molecule has 0 aromatic carbocycles. The van der Waals surface area contributed by atoms with Crippen molar-refractivity contribution in [3.63, 3.8) is 0 Å². The van der Waals surface area contributed by atoms with E-state index in [1.807, 2.05) is 13.4 Å². The molecule has 5 rings (SSSR count). The molecule has 1 aromatic rings. The predicted molar refractivity (Wildman–Crippen MR) is 76.1 cm³/mol. The van der Waals surface area contributed by atoms with E-state index < -0.39 is 0 Å². The van der Waals surface area contributed by atoms with Crippen LogP contribution >= 0.6 is 0 Å². The van der Waals surface area contributed by atoms with Gasteiger partial charge in [0, 0.05) is 24.1 Å². The van der Waals surface area contributed by atoms with Crippen molar-refractivity contribution in [2.45, 2.75) is 50.4 Å². The fraction of sp³-hybridized carbons (Fsp3) is 0.812. The normalized spacial score (nSPS) is 39.9. The summed E-state index contributed by atoms with van der Waals surface area (Å²) >= 11 is 0. The molecule has 0 saturated heterocycles. The zero-order valence-corrected chi connectivity index (χ0v) is 11.9. The van der Waals surface area contributed by atoms with E-state index in [4.69, 9.17) is 4.98 Å². The number of nitrogens with zero attached hydrogens (tertiary/aromatic N) is 1. The molecule has 0 atom stereocenters. The van der Waals surface area contributed by atoms with Gasteiger partial charge in [0.25, 0.3) is 0 Å². The lowest BCUT2D eigenvalue weighted by Crippen LogP contribution is -2.49. The number of H-pyrrole nitrogens is 1. The summed E-state index contributed by atoms with van der Waals surface area (Å²) in [6, 6.07) is 0. The van der Waals surface area contributed by atoms with Crippen molar-refractivity contribution in [3.05, 3.63) is 17.7 Å². The van der Waals surface area contributed by atoms with Crippen LogP contribution in [0.2, 0.25) is 0 Å². The Bertz CT molecular complexity index is 427. The lowest BCUT2D eigenvalue weighted by atomic mass is 9.48. The van der Waals surface area contributed by atoms with Crippen LogP contribution in [0.25, 0.3) is 0 Å². The van der Waals surface area contributed by atoms with Crippen molar-refractivity contribution in [2.75, 3.05) is 13.6 Å². The number of aromatic amines is 1. The third kappa shape index (κ3) is 1.85. The highest BCUT2D eigenvalue weighted by Gasteiger charge is 2.53. The summed E-state index contributed by atoms with van der Waals surface area (Å²) in [4.78, 5) is 8.19. The van der Waals surface area contributed by atoms with Gasteiger partial charge in [-0.15, -0.1) is 0 Å². The van der Waals surface area contributed by atoms with Gasteiger partial charge < -0.3 is 10.3 Å². The molecule has 2 N–H and O–H groups in total. The van der Waals surface area contributed by atoms with E-state index >= 15 is 0 Å². The minimum absolute atomic E-state index is 0.442. The molecule has 0 radical (unpaired) electrons. The van der Waals surface area contributed by atoms with E-state index in [1.165, 1.54) is 49.9 Å². The van der Waals surface area contributed by atoms with Gasteiger partial charge >= 0.3 is 0 Å². The smallest absolute Gasteiger partial charge is 0.0925 e. The summed E-state index contributed by atoms with van der Waals surface area (Å²) in [5, 5.41) is 3.26. The summed E-state index contributed by atoms with van der Waals surface area (Å²) in [7, 11) is 2.03. The second-order valence-corrected chi connectivity index (χ2v) is 7.28. The number of imidazole rings is 1. The second-order valence-electron chi connectivity index (χ2n) is 7.28. The summed E-state index contributed by atoms with van der Waals surface area (Å²) in [6.07, 6.45) is 11.8. The Labute approximate surface area is 115 Å². The van der Waals surface area contributed by atoms with Crippen molar-refractivity contribution >= 4 is 0 Å². The van der Waals surface area contributed by atoms with E-state index in [0.29, 0.717) is 5.41 Å². The summed E-state index contributed by atoms with van der Waals surface area (Å²) in [5.41, 5.74) is 3.27. The lowest BCUT2D eigenvalue weighted by molar-refractivity contribution is -0.00743. The highest BCUT2D eigenvalue weighted by atomic mass is 14.9. The van der Waals surface area contributed by atoms with Gasteiger partial charge in [-0.3, -0.25) is 0 Å². The number of aromatic nitrogens is 2. The molecule has 4 bridgehead atoms. The van der Waals surface area contributed by atoms with E-state index in [2.05, 4.69) is 10.3 Å². The van der Waals surface area contributed by atoms with Crippen molar-refractivity contribution in [3.8, 4) is 0 Å². The Morgan fingerprint density at radius 2 is 1.84 bits per heavy atom. The van der Waals surface area contributed by atoms with Gasteiger partial charge in [0.2, 0.25) is 0 Å². The SMILES string of the molecule is CNCCc1[nH]cnc1C12CC3CC(CC(C3)C1)C2. The van der Waals surface area contributed by atoms with E-state index in [-0.39, 0.29) is 0 Å². The van der Waals surface area contributed by atoms with Gasteiger partial charge in [-0.25, -0.2) is 4.98 Å². The molecule has 1 aromatic heterocycles. The van der Waals surface area contributed by atoms with Crippen LogP contribution in [0.5, 0.6) is 0 Å². The zero-order chi connectivity index (χ0) is 12.9. The van der Waals surface area contributed by atoms with Crippen molar-refractivity contribution in [1.29, 1.82) is 0 Å². The Morgan fingerprint density at radius 3 is 2.42 bits per heavy atom. The van der Waals surface area contributed by atoms with Crippen LogP contribution in [0.1, 0.15) is 49.9 Å². The molecule has 4 aliphatic carbocycles. The average molecular weight is 259 g/mol. The average Bonchev–Trinajstić information content (AvgIpc) is 2.83. The molecule has 4 fully saturated rings. The number of hydrogen-bond acceptors (Lipinski definition) is 2. The number of hydrogen-bond donors (Lipinski definition) is 2. The zero-order valence-electron chi connectivity index (χ0n) is 11.9. The third-order valence-corrected chi connectivity index (χ3v) is 5.88. The van der Waals surface area contributed by atoms with Crippen LogP contribution in [0.15, 0.2) is 6.33 Å². The predicted octanol–water partition coefficient (Wildman–Crippen LogP) is 2.64. The Morgan fingerprint density at radius 1 is 1.21 bits per heavy atom. The fourth-order valence-electron chi connectivity index (χ4n) is 5.62. The highest BCUT2D eigenvalue weighted by Crippen LogP contribution is 2.60. The summed E-state index contributed by atoms with van der Waals surface area (Å²) in [6.45, 7) is 1.04. The first-order valence-corrected chi connectivity index (χ1v) is 7.96. The van der Waals surface area contributed by atoms with Crippen LogP contribution in [0, 0.1) is 17.8 Å². The lowest BCUT2D eigenvalue weighted by Gasteiger charge is -2.56. The van der Waals surface area contributed by atoms with Gasteiger partial charge in [-0.1, -0.05) is 0 Å². The standard InChI is InChI=1S/C16H25N3/c1-17-3-2-14-15(19-10-18-14)16-7-11-4-12(8-16)6-13(5-11)9-16/h10-13,17H,2-9H2,1H3,(H,18,19). The van der Waals surface area contributed by atoms with E-state index in [1.54, 1.807) is 0 Å². The molecule has 19 heavy (non-hydrogen) atoms. The van der Waals surface area contributed by atoms with Crippen LogP contribution in [-0.4, -0.2) is 23.6 Å². The van der Waals surface area contributed by atoms with Crippen LogP contribution in [0.3, 0.4) is 0 Å². The number of nitrogens with one attached hydrogen (secondary N) is 2. The second kappa shape index (κ2) is 4.34. The maximum atomic E-state index is 4.78. The molecule has 0 amide bonds. The van der Waals surface area contributed by atoms with Gasteiger partial charge in [-0.05, 0) is 63.3 Å². The summed E-state index contributed by atoms with van der Waals surface area (Å²) in [5.74, 6) is 3.00. The van der Waals surface area contributed by atoms with Crippen LogP contribution < -0.4 is 5.32 Å². The summed E-state index contributed by atoms with van der Waals surface area (Å²) < 4.78 is 0. The molecule has 1 heterocycles. The molecule has 4 saturated carbocycles. The number of rotatable bonds is 4. The van der Waals surface area contributed by atoms with Crippen molar-refractivity contribution in [1.82, 2.24) is 15.3 Å². The molecular formula is C16H25N3. The third-order valence-electron chi connectivity index (χ3n) is 5.88. The minimum Gasteiger partial charge on any atom is -0.348 e. The van der Waals surface area contributed by atoms with Crippen molar-refractivity contribution in [2.24, 2.45) is 17.8 Å². The molecule has 3 nitrogen and oxygen atoms in total. The first kappa shape index (κ1) is 12.0. The molecule has 104 valence electrons. The van der Waals surface area contributed by atoms with Gasteiger partial charge in [0.15, 0.2) is 0 Å². The molecule has 0 unspecified atom stereocenters. The molecule has 3 heteroatoms. The van der Waals surface area contributed by atoms with Crippen LogP contribution in [-0.2, 0) is 11.8 Å². The van der Waals surface area contributed by atoms with Crippen LogP contribution in [0.4, 0.5) is 0 Å². The van der Waals surface area contributed by atoms with Gasteiger partial charge in [-0.2, -0.15) is 0 Å². The maximum Gasteiger partial charge on any atom is 0.0925 e. The Balaban J connectivity index is 1.66. The van der Waals surface area contributed by atoms with E-state index in [9.17, 15) is 0 Å². The van der Waals surface area contributed by atoms with Gasteiger partial charge in [0.05, 0.1) is 12.0 Å². The number of likely N-dealkylation sites (N-methyl/N-ethyl adjacent to an activating group) is 1. The van der Waals surface area contributed by atoms with Gasteiger partial charge in [0.1, 0.15) is 0 Å². The first-order valence-electron chi connectivity index (χ1n) is 7.96. The molecule has 4 aliphatic rings. The topological polar surface area (TPSA) is 40.7 Å². The van der Waals surface area contributed by atoms with Crippen molar-refractivity contribution < 1.29 is 0 Å². The largest absolute Gasteiger partial charge is 0.348 e. The van der Waals surface area contributed by atoms with E-state index in [0.717, 1.165) is 30.7 Å². The quantitative estimate of drug-likeness (QED) is 0.872. The Hall–Kier alpha value is -0.830. The molecular weight excluding hydrogens is 234 g/mol. The molecule has 0 aliphatic heterocycles. The monoisotopic (exact) mass is 259 g/mol.